The van der Waals surface area contributed by atoms with Gasteiger partial charge >= 0.3 is 0 Å². The van der Waals surface area contributed by atoms with E-state index in [1.165, 1.54) is 19.2 Å². The minimum absolute atomic E-state index is 0.0513. The number of thiophene rings is 1. The average Bonchev–Trinajstić information content (AvgIpc) is 3.12. The van der Waals surface area contributed by atoms with E-state index in [9.17, 15) is 13.2 Å². The van der Waals surface area contributed by atoms with Gasteiger partial charge in [0.25, 0.3) is 10.0 Å². The van der Waals surface area contributed by atoms with Crippen molar-refractivity contribution in [1.82, 2.24) is 4.90 Å². The lowest BCUT2D eigenvalue weighted by atomic mass is 10.1. The van der Waals surface area contributed by atoms with Gasteiger partial charge in [0.2, 0.25) is 5.91 Å². The van der Waals surface area contributed by atoms with E-state index in [2.05, 4.69) is 4.72 Å². The van der Waals surface area contributed by atoms with Crippen LogP contribution in [0.15, 0.2) is 34.5 Å². The van der Waals surface area contributed by atoms with Crippen LogP contribution >= 0.6 is 22.9 Å². The van der Waals surface area contributed by atoms with Crippen LogP contribution in [0, 0.1) is 0 Å². The summed E-state index contributed by atoms with van der Waals surface area (Å²) in [6.45, 7) is 1.57. The first kappa shape index (κ1) is 20.0. The second-order valence-corrected chi connectivity index (χ2v) is 9.78. The molecular formula is C18H21ClN2O4S2. The molecule has 0 radical (unpaired) electrons. The maximum absolute atomic E-state index is 12.6. The predicted molar refractivity (Wildman–Crippen MR) is 107 cm³/mol. The Balaban J connectivity index is 1.68. The topological polar surface area (TPSA) is 75.7 Å². The number of ether oxygens (including phenoxy) is 1. The second kappa shape index (κ2) is 8.50. The molecule has 0 aliphatic carbocycles. The van der Waals surface area contributed by atoms with Gasteiger partial charge < -0.3 is 9.64 Å². The number of methoxy groups -OCH3 is 1. The van der Waals surface area contributed by atoms with E-state index in [4.69, 9.17) is 16.3 Å². The number of carbonyl (C=O) groups is 1. The van der Waals surface area contributed by atoms with Gasteiger partial charge in [0.15, 0.2) is 0 Å². The molecule has 1 N–H and O–H groups in total. The van der Waals surface area contributed by atoms with Gasteiger partial charge in [0.1, 0.15) is 9.96 Å². The van der Waals surface area contributed by atoms with Crippen molar-refractivity contribution in [2.45, 2.75) is 29.9 Å². The van der Waals surface area contributed by atoms with Crippen LogP contribution in [0.25, 0.3) is 0 Å². The predicted octanol–water partition coefficient (Wildman–Crippen LogP) is 3.77. The number of rotatable bonds is 6. The summed E-state index contributed by atoms with van der Waals surface area (Å²) in [4.78, 5) is 14.9. The van der Waals surface area contributed by atoms with Crippen molar-refractivity contribution in [2.75, 3.05) is 24.9 Å². The highest BCUT2D eigenvalue weighted by Crippen LogP contribution is 2.30. The maximum Gasteiger partial charge on any atom is 0.271 e. The lowest BCUT2D eigenvalue weighted by molar-refractivity contribution is -0.131. The Kier molecular flexibility index (Phi) is 6.29. The highest BCUT2D eigenvalue weighted by atomic mass is 35.5. The minimum atomic E-state index is -3.75. The first-order valence-electron chi connectivity index (χ1n) is 8.62. The molecule has 1 aliphatic heterocycles. The molecule has 3 rings (SSSR count). The van der Waals surface area contributed by atoms with Crippen molar-refractivity contribution in [3.05, 3.63) is 40.2 Å². The van der Waals surface area contributed by atoms with Crippen LogP contribution in [0.3, 0.4) is 0 Å². The highest BCUT2D eigenvalue weighted by molar-refractivity contribution is 7.94. The fraction of sp³-hybridized carbons (Fsp3) is 0.389. The van der Waals surface area contributed by atoms with E-state index in [1.54, 1.807) is 18.2 Å². The molecule has 0 saturated carbocycles. The molecule has 1 amide bonds. The molecule has 1 aliphatic rings. The summed E-state index contributed by atoms with van der Waals surface area (Å²) in [5, 5.41) is 0.316. The molecule has 0 spiro atoms. The Morgan fingerprint density at radius 3 is 2.63 bits per heavy atom. The fourth-order valence-electron chi connectivity index (χ4n) is 2.94. The molecule has 2 heterocycles. The highest BCUT2D eigenvalue weighted by Gasteiger charge is 2.21. The van der Waals surface area contributed by atoms with Gasteiger partial charge in [-0.15, -0.1) is 11.3 Å². The van der Waals surface area contributed by atoms with Crippen molar-refractivity contribution >= 4 is 44.6 Å². The van der Waals surface area contributed by atoms with E-state index >= 15 is 0 Å². The Morgan fingerprint density at radius 2 is 1.96 bits per heavy atom. The molecule has 1 fully saturated rings. The number of nitrogens with one attached hydrogen (secondary N) is 1. The number of piperidine rings is 1. The molecule has 0 atom stereocenters. The van der Waals surface area contributed by atoms with Crippen LogP contribution in [-0.2, 0) is 21.2 Å². The number of benzene rings is 1. The van der Waals surface area contributed by atoms with Gasteiger partial charge in [-0.3, -0.25) is 9.52 Å². The fourth-order valence-corrected chi connectivity index (χ4v) is 5.59. The number of halogens is 1. The number of hydrogen-bond donors (Lipinski definition) is 1. The van der Waals surface area contributed by atoms with Crippen LogP contribution < -0.4 is 9.46 Å². The van der Waals surface area contributed by atoms with Crippen LogP contribution in [0.5, 0.6) is 5.75 Å². The number of likely N-dealkylation sites (tertiary alicyclic amines) is 1. The zero-order valence-electron chi connectivity index (χ0n) is 14.9. The Labute approximate surface area is 168 Å². The van der Waals surface area contributed by atoms with Gasteiger partial charge in [-0.05, 0) is 49.6 Å². The first-order chi connectivity index (χ1) is 12.9. The standard InChI is InChI=1S/C18H21ClN2O4S2/c1-25-16-7-5-13(11-15(16)19)20-27(23,24)18-8-6-14(26-18)12-17(22)21-9-3-2-4-10-21/h5-8,11,20H,2-4,9-10,12H2,1H3. The molecular weight excluding hydrogens is 408 g/mol. The van der Waals surface area contributed by atoms with Crippen molar-refractivity contribution in [2.24, 2.45) is 0 Å². The van der Waals surface area contributed by atoms with Crippen LogP contribution in [0.1, 0.15) is 24.1 Å². The summed E-state index contributed by atoms with van der Waals surface area (Å²) < 4.78 is 32.9. The Bertz CT molecular complexity index is 921. The molecule has 1 aromatic heterocycles. The Morgan fingerprint density at radius 1 is 1.22 bits per heavy atom. The third kappa shape index (κ3) is 4.94. The SMILES string of the molecule is COc1ccc(NS(=O)(=O)c2ccc(CC(=O)N3CCCCC3)s2)cc1Cl. The minimum Gasteiger partial charge on any atom is -0.495 e. The van der Waals surface area contributed by atoms with Gasteiger partial charge in [-0.2, -0.15) is 0 Å². The number of sulfonamides is 1. The van der Waals surface area contributed by atoms with E-state index in [0.717, 1.165) is 48.6 Å². The Hall–Kier alpha value is -1.77. The van der Waals surface area contributed by atoms with Crippen molar-refractivity contribution in [1.29, 1.82) is 0 Å². The lowest BCUT2D eigenvalue weighted by Crippen LogP contribution is -2.36. The monoisotopic (exact) mass is 428 g/mol. The summed E-state index contributed by atoms with van der Waals surface area (Å²) in [5.74, 6) is 0.518. The molecule has 0 bridgehead atoms. The van der Waals surface area contributed by atoms with Crippen molar-refractivity contribution in [3.63, 3.8) is 0 Å². The average molecular weight is 429 g/mol. The summed E-state index contributed by atoms with van der Waals surface area (Å²) >= 11 is 7.15. The zero-order valence-corrected chi connectivity index (χ0v) is 17.3. The van der Waals surface area contributed by atoms with Crippen LogP contribution in [0.4, 0.5) is 5.69 Å². The summed E-state index contributed by atoms with van der Waals surface area (Å²) in [6, 6.07) is 7.89. The summed E-state index contributed by atoms with van der Waals surface area (Å²) in [7, 11) is -2.26. The molecule has 6 nitrogen and oxygen atoms in total. The molecule has 1 aromatic carbocycles. The summed E-state index contributed by atoms with van der Waals surface area (Å²) in [5.41, 5.74) is 0.347. The number of amides is 1. The van der Waals surface area contributed by atoms with Crippen molar-refractivity contribution < 1.29 is 17.9 Å². The van der Waals surface area contributed by atoms with Gasteiger partial charge in [-0.25, -0.2) is 8.42 Å². The van der Waals surface area contributed by atoms with Crippen LogP contribution in [0.2, 0.25) is 5.02 Å². The smallest absolute Gasteiger partial charge is 0.271 e. The van der Waals surface area contributed by atoms with E-state index in [1.807, 2.05) is 4.90 Å². The number of carbonyl (C=O) groups excluding carboxylic acids is 1. The number of nitrogens with zero attached hydrogens (tertiary/aromatic N) is 1. The molecule has 27 heavy (non-hydrogen) atoms. The van der Waals surface area contributed by atoms with Gasteiger partial charge in [0.05, 0.1) is 24.2 Å². The lowest BCUT2D eigenvalue weighted by Gasteiger charge is -2.26. The van der Waals surface area contributed by atoms with E-state index in [0.29, 0.717) is 16.5 Å². The molecule has 9 heteroatoms. The molecule has 146 valence electrons. The second-order valence-electron chi connectivity index (χ2n) is 6.29. The third-order valence-electron chi connectivity index (χ3n) is 4.34. The normalized spacial score (nSPS) is 14.8. The van der Waals surface area contributed by atoms with Crippen molar-refractivity contribution in [3.8, 4) is 5.75 Å². The third-order valence-corrected chi connectivity index (χ3v) is 7.59. The molecule has 0 unspecified atom stereocenters. The maximum atomic E-state index is 12.6. The number of hydrogen-bond acceptors (Lipinski definition) is 5. The van der Waals surface area contributed by atoms with Gasteiger partial charge in [0, 0.05) is 18.0 Å². The largest absolute Gasteiger partial charge is 0.495 e. The molecule has 1 saturated heterocycles. The quantitative estimate of drug-likeness (QED) is 0.759. The molecule has 2 aromatic rings. The first-order valence-corrected chi connectivity index (χ1v) is 11.3. The van der Waals surface area contributed by atoms with Gasteiger partial charge in [-0.1, -0.05) is 11.6 Å². The zero-order chi connectivity index (χ0) is 19.4. The van der Waals surface area contributed by atoms with E-state index in [-0.39, 0.29) is 16.5 Å². The van der Waals surface area contributed by atoms with E-state index < -0.39 is 10.0 Å². The summed E-state index contributed by atoms with van der Waals surface area (Å²) in [6.07, 6.45) is 3.45. The van der Waals surface area contributed by atoms with Crippen LogP contribution in [-0.4, -0.2) is 39.4 Å². The number of anilines is 1.